The third-order valence-electron chi connectivity index (χ3n) is 3.03. The van der Waals surface area contributed by atoms with Crippen LogP contribution in [0.15, 0.2) is 24.3 Å². The van der Waals surface area contributed by atoms with Crippen molar-refractivity contribution < 1.29 is 19.4 Å². The van der Waals surface area contributed by atoms with Gasteiger partial charge in [-0.05, 0) is 42.5 Å². The van der Waals surface area contributed by atoms with Crippen LogP contribution in [0.4, 0.5) is 0 Å². The number of benzene rings is 1. The molecule has 19 heavy (non-hydrogen) atoms. The largest absolute Gasteiger partial charge is 0.496 e. The highest BCUT2D eigenvalue weighted by atomic mass is 16.5. The Morgan fingerprint density at radius 3 is 2.89 bits per heavy atom. The molecular formula is C15H18O4. The molecule has 0 atom stereocenters. The average molecular weight is 262 g/mol. The van der Waals surface area contributed by atoms with Gasteiger partial charge in [0.15, 0.2) is 0 Å². The minimum absolute atomic E-state index is 0.494. The average Bonchev–Trinajstić information content (AvgIpc) is 3.20. The van der Waals surface area contributed by atoms with Crippen LogP contribution in [0.2, 0.25) is 0 Å². The molecule has 0 aliphatic heterocycles. The molecule has 0 heterocycles. The monoisotopic (exact) mass is 262 g/mol. The SMILES string of the molecule is COc1ccc(/C=C/C(=O)O)cc1COCC1CC1. The predicted molar refractivity (Wildman–Crippen MR) is 72.0 cm³/mol. The van der Waals surface area contributed by atoms with Crippen molar-refractivity contribution in [2.75, 3.05) is 13.7 Å². The summed E-state index contributed by atoms with van der Waals surface area (Å²) >= 11 is 0. The Morgan fingerprint density at radius 1 is 1.47 bits per heavy atom. The zero-order valence-corrected chi connectivity index (χ0v) is 11.0. The van der Waals surface area contributed by atoms with Crippen molar-refractivity contribution in [3.8, 4) is 5.75 Å². The van der Waals surface area contributed by atoms with Crippen molar-refractivity contribution in [1.29, 1.82) is 0 Å². The lowest BCUT2D eigenvalue weighted by molar-refractivity contribution is -0.131. The lowest BCUT2D eigenvalue weighted by Crippen LogP contribution is -2.00. The molecule has 1 saturated carbocycles. The highest BCUT2D eigenvalue weighted by Gasteiger charge is 2.21. The Labute approximate surface area is 112 Å². The Bertz CT molecular complexity index is 475. The summed E-state index contributed by atoms with van der Waals surface area (Å²) in [6.45, 7) is 1.28. The number of carboxylic acids is 1. The summed E-state index contributed by atoms with van der Waals surface area (Å²) in [5.74, 6) is 0.534. The van der Waals surface area contributed by atoms with E-state index in [0.717, 1.165) is 35.5 Å². The van der Waals surface area contributed by atoms with E-state index in [1.54, 1.807) is 13.2 Å². The van der Waals surface area contributed by atoms with Crippen LogP contribution in [0.25, 0.3) is 6.08 Å². The van der Waals surface area contributed by atoms with Crippen LogP contribution >= 0.6 is 0 Å². The van der Waals surface area contributed by atoms with Crippen LogP contribution in [0.5, 0.6) is 5.75 Å². The fourth-order valence-electron chi connectivity index (χ4n) is 1.80. The van der Waals surface area contributed by atoms with Crippen LogP contribution in [0.1, 0.15) is 24.0 Å². The Hall–Kier alpha value is -1.81. The van der Waals surface area contributed by atoms with Gasteiger partial charge in [0.1, 0.15) is 5.75 Å². The van der Waals surface area contributed by atoms with Crippen LogP contribution in [0.3, 0.4) is 0 Å². The number of methoxy groups -OCH3 is 1. The van der Waals surface area contributed by atoms with E-state index in [1.165, 1.54) is 12.8 Å². The minimum atomic E-state index is -0.956. The molecule has 0 aromatic heterocycles. The predicted octanol–water partition coefficient (Wildman–Crippen LogP) is 2.72. The molecule has 0 bridgehead atoms. The first kappa shape index (κ1) is 13.6. The highest BCUT2D eigenvalue weighted by Crippen LogP contribution is 2.29. The maximum absolute atomic E-state index is 10.5. The zero-order chi connectivity index (χ0) is 13.7. The fourth-order valence-corrected chi connectivity index (χ4v) is 1.80. The molecule has 1 aliphatic rings. The Balaban J connectivity index is 2.03. The first-order valence-corrected chi connectivity index (χ1v) is 6.34. The smallest absolute Gasteiger partial charge is 0.328 e. The third-order valence-corrected chi connectivity index (χ3v) is 3.03. The van der Waals surface area contributed by atoms with E-state index in [9.17, 15) is 4.79 Å². The fraction of sp³-hybridized carbons (Fsp3) is 0.400. The molecule has 0 saturated heterocycles. The van der Waals surface area contributed by atoms with E-state index in [0.29, 0.717) is 6.61 Å². The van der Waals surface area contributed by atoms with Crippen LogP contribution < -0.4 is 4.74 Å². The molecule has 4 heteroatoms. The van der Waals surface area contributed by atoms with Crippen LogP contribution in [-0.4, -0.2) is 24.8 Å². The maximum atomic E-state index is 10.5. The number of aliphatic carboxylic acids is 1. The molecule has 0 radical (unpaired) electrons. The van der Waals surface area contributed by atoms with Crippen molar-refractivity contribution >= 4 is 12.0 Å². The number of carbonyl (C=O) groups is 1. The van der Waals surface area contributed by atoms with Crippen molar-refractivity contribution in [3.05, 3.63) is 35.4 Å². The second kappa shape index (κ2) is 6.38. The highest BCUT2D eigenvalue weighted by molar-refractivity contribution is 5.85. The number of hydrogen-bond acceptors (Lipinski definition) is 3. The van der Waals surface area contributed by atoms with E-state index >= 15 is 0 Å². The van der Waals surface area contributed by atoms with E-state index in [2.05, 4.69) is 0 Å². The zero-order valence-electron chi connectivity index (χ0n) is 11.0. The van der Waals surface area contributed by atoms with Crippen LogP contribution in [-0.2, 0) is 16.1 Å². The molecular weight excluding hydrogens is 244 g/mol. The molecule has 1 N–H and O–H groups in total. The standard InChI is InChI=1S/C15H18O4/c1-18-14-6-4-11(5-7-15(16)17)8-13(14)10-19-9-12-2-3-12/h4-8,12H,2-3,9-10H2,1H3,(H,16,17)/b7-5+. The second-order valence-corrected chi connectivity index (χ2v) is 4.70. The number of carboxylic acid groups (broad SMARTS) is 1. The van der Waals surface area contributed by atoms with Crippen LogP contribution in [0, 0.1) is 5.92 Å². The first-order valence-electron chi connectivity index (χ1n) is 6.34. The minimum Gasteiger partial charge on any atom is -0.496 e. The molecule has 1 aromatic rings. The number of hydrogen-bond donors (Lipinski definition) is 1. The summed E-state index contributed by atoms with van der Waals surface area (Å²) in [4.78, 5) is 10.5. The lowest BCUT2D eigenvalue weighted by atomic mass is 10.1. The van der Waals surface area contributed by atoms with Gasteiger partial charge in [-0.3, -0.25) is 0 Å². The van der Waals surface area contributed by atoms with Gasteiger partial charge in [-0.1, -0.05) is 6.07 Å². The third kappa shape index (κ3) is 4.41. The number of rotatable bonds is 7. The lowest BCUT2D eigenvalue weighted by Gasteiger charge is -2.10. The molecule has 0 spiro atoms. The van der Waals surface area contributed by atoms with Gasteiger partial charge in [0.2, 0.25) is 0 Å². The van der Waals surface area contributed by atoms with Crippen molar-refractivity contribution in [3.63, 3.8) is 0 Å². The van der Waals surface area contributed by atoms with Crippen molar-refractivity contribution in [1.82, 2.24) is 0 Å². The summed E-state index contributed by atoms with van der Waals surface area (Å²) in [5, 5.41) is 8.62. The molecule has 1 aliphatic carbocycles. The quantitative estimate of drug-likeness (QED) is 0.768. The van der Waals surface area contributed by atoms with Gasteiger partial charge in [-0.15, -0.1) is 0 Å². The molecule has 1 fully saturated rings. The molecule has 1 aromatic carbocycles. The number of ether oxygens (including phenoxy) is 2. The van der Waals surface area contributed by atoms with Crippen molar-refractivity contribution in [2.24, 2.45) is 5.92 Å². The van der Waals surface area contributed by atoms with E-state index in [1.807, 2.05) is 18.2 Å². The summed E-state index contributed by atoms with van der Waals surface area (Å²) in [6.07, 6.45) is 5.21. The molecule has 0 amide bonds. The molecule has 102 valence electrons. The van der Waals surface area contributed by atoms with Crippen molar-refractivity contribution in [2.45, 2.75) is 19.4 Å². The van der Waals surface area contributed by atoms with Gasteiger partial charge < -0.3 is 14.6 Å². The normalized spacial score (nSPS) is 14.8. The van der Waals surface area contributed by atoms with Gasteiger partial charge in [-0.25, -0.2) is 4.79 Å². The van der Waals surface area contributed by atoms with Gasteiger partial charge in [0, 0.05) is 18.2 Å². The van der Waals surface area contributed by atoms with Gasteiger partial charge in [0.25, 0.3) is 0 Å². The van der Waals surface area contributed by atoms with Gasteiger partial charge in [-0.2, -0.15) is 0 Å². The summed E-state index contributed by atoms with van der Waals surface area (Å²) in [6, 6.07) is 5.55. The molecule has 0 unspecified atom stereocenters. The summed E-state index contributed by atoms with van der Waals surface area (Å²) in [7, 11) is 1.62. The van der Waals surface area contributed by atoms with E-state index in [4.69, 9.17) is 14.6 Å². The molecule has 2 rings (SSSR count). The Kier molecular flexibility index (Phi) is 4.58. The maximum Gasteiger partial charge on any atom is 0.328 e. The van der Waals surface area contributed by atoms with Gasteiger partial charge in [0.05, 0.1) is 13.7 Å². The van der Waals surface area contributed by atoms with E-state index in [-0.39, 0.29) is 0 Å². The second-order valence-electron chi connectivity index (χ2n) is 4.70. The topological polar surface area (TPSA) is 55.8 Å². The van der Waals surface area contributed by atoms with E-state index < -0.39 is 5.97 Å². The summed E-state index contributed by atoms with van der Waals surface area (Å²) in [5.41, 5.74) is 1.77. The summed E-state index contributed by atoms with van der Waals surface area (Å²) < 4.78 is 10.9. The van der Waals surface area contributed by atoms with Gasteiger partial charge >= 0.3 is 5.97 Å². The Morgan fingerprint density at radius 2 is 2.26 bits per heavy atom. The first-order chi connectivity index (χ1) is 9.19. The molecule has 4 nitrogen and oxygen atoms in total.